The van der Waals surface area contributed by atoms with Crippen LogP contribution in [0.5, 0.6) is 11.5 Å². The zero-order valence-corrected chi connectivity index (χ0v) is 11.5. The Bertz CT molecular complexity index is 704. The van der Waals surface area contributed by atoms with Crippen LogP contribution >= 0.6 is 0 Å². The third-order valence-electron chi connectivity index (χ3n) is 2.98. The first-order valence-electron chi connectivity index (χ1n) is 6.82. The van der Waals surface area contributed by atoms with Crippen LogP contribution in [0, 0.1) is 0 Å². The summed E-state index contributed by atoms with van der Waals surface area (Å²) >= 11 is 0. The molecule has 0 bridgehead atoms. The van der Waals surface area contributed by atoms with Gasteiger partial charge in [0, 0.05) is 6.21 Å². The van der Waals surface area contributed by atoms with Crippen LogP contribution in [0.2, 0.25) is 0 Å². The van der Waals surface area contributed by atoms with Crippen molar-refractivity contribution < 1.29 is 4.74 Å². The van der Waals surface area contributed by atoms with E-state index >= 15 is 0 Å². The van der Waals surface area contributed by atoms with Crippen LogP contribution in [-0.2, 0) is 0 Å². The van der Waals surface area contributed by atoms with Crippen molar-refractivity contribution >= 4 is 11.9 Å². The predicted octanol–water partition coefficient (Wildman–Crippen LogP) is 5.23. The van der Waals surface area contributed by atoms with Crippen molar-refractivity contribution in [1.82, 2.24) is 0 Å². The van der Waals surface area contributed by atoms with Crippen molar-refractivity contribution in [3.63, 3.8) is 0 Å². The molecule has 0 atom stereocenters. The van der Waals surface area contributed by atoms with Crippen molar-refractivity contribution in [3.05, 3.63) is 90.5 Å². The van der Waals surface area contributed by atoms with E-state index in [4.69, 9.17) is 4.74 Å². The Labute approximate surface area is 124 Å². The molecule has 0 heterocycles. The van der Waals surface area contributed by atoms with Crippen LogP contribution in [0.25, 0.3) is 0 Å². The molecule has 0 unspecified atom stereocenters. The number of nitrogens with zero attached hydrogens (tertiary/aromatic N) is 1. The first-order valence-corrected chi connectivity index (χ1v) is 6.82. The summed E-state index contributed by atoms with van der Waals surface area (Å²) in [5.74, 6) is 1.64. The van der Waals surface area contributed by atoms with Gasteiger partial charge in [-0.15, -0.1) is 0 Å². The van der Waals surface area contributed by atoms with E-state index in [-0.39, 0.29) is 0 Å². The minimum atomic E-state index is 0.805. The van der Waals surface area contributed by atoms with Crippen LogP contribution < -0.4 is 4.74 Å². The molecule has 0 aliphatic rings. The molecule has 2 heteroatoms. The SMILES string of the molecule is C(=Nc1ccc(Oc2ccccc2)cc1)c1ccccc1. The van der Waals surface area contributed by atoms with E-state index in [9.17, 15) is 0 Å². The van der Waals surface area contributed by atoms with E-state index in [0.717, 1.165) is 22.7 Å². The molecule has 0 N–H and O–H groups in total. The number of hydrogen-bond acceptors (Lipinski definition) is 2. The molecule has 3 aromatic rings. The Morgan fingerprint density at radius 1 is 0.619 bits per heavy atom. The highest BCUT2D eigenvalue weighted by molar-refractivity contribution is 5.81. The van der Waals surface area contributed by atoms with Crippen LogP contribution in [0.4, 0.5) is 5.69 Å². The van der Waals surface area contributed by atoms with Crippen molar-refractivity contribution in [2.24, 2.45) is 4.99 Å². The monoisotopic (exact) mass is 273 g/mol. The summed E-state index contributed by atoms with van der Waals surface area (Å²) in [6.45, 7) is 0. The zero-order chi connectivity index (χ0) is 14.3. The summed E-state index contributed by atoms with van der Waals surface area (Å²) in [5.41, 5.74) is 1.99. The first-order chi connectivity index (χ1) is 10.4. The van der Waals surface area contributed by atoms with Gasteiger partial charge in [0.2, 0.25) is 0 Å². The molecule has 102 valence electrons. The molecule has 0 spiro atoms. The Balaban J connectivity index is 1.68. The molecule has 3 rings (SSSR count). The molecule has 21 heavy (non-hydrogen) atoms. The van der Waals surface area contributed by atoms with Crippen LogP contribution in [-0.4, -0.2) is 6.21 Å². The standard InChI is InChI=1S/C19H15NO/c1-3-7-16(8-4-1)15-20-17-11-13-19(14-12-17)21-18-9-5-2-6-10-18/h1-15H. The summed E-state index contributed by atoms with van der Waals surface area (Å²) in [5, 5.41) is 0. The van der Waals surface area contributed by atoms with Crippen LogP contribution in [0.15, 0.2) is 89.9 Å². The molecule has 0 radical (unpaired) electrons. The van der Waals surface area contributed by atoms with E-state index in [1.54, 1.807) is 0 Å². The molecular weight excluding hydrogens is 258 g/mol. The normalized spacial score (nSPS) is 10.7. The summed E-state index contributed by atoms with van der Waals surface area (Å²) in [6, 6.07) is 27.5. The highest BCUT2D eigenvalue weighted by Gasteiger charge is 1.96. The van der Waals surface area contributed by atoms with Crippen molar-refractivity contribution in [3.8, 4) is 11.5 Å². The maximum absolute atomic E-state index is 5.74. The van der Waals surface area contributed by atoms with Gasteiger partial charge in [0.1, 0.15) is 11.5 Å². The fourth-order valence-corrected chi connectivity index (χ4v) is 1.91. The maximum Gasteiger partial charge on any atom is 0.127 e. The molecule has 0 saturated carbocycles. The molecule has 0 aromatic heterocycles. The number of hydrogen-bond donors (Lipinski definition) is 0. The minimum Gasteiger partial charge on any atom is -0.457 e. The zero-order valence-electron chi connectivity index (χ0n) is 11.5. The summed E-state index contributed by atoms with van der Waals surface area (Å²) in [4.78, 5) is 4.44. The van der Waals surface area contributed by atoms with Gasteiger partial charge in [0.25, 0.3) is 0 Å². The molecule has 0 amide bonds. The van der Waals surface area contributed by atoms with Gasteiger partial charge in [-0.05, 0) is 42.0 Å². The van der Waals surface area contributed by atoms with Gasteiger partial charge >= 0.3 is 0 Å². The number of aliphatic imine (C=N–C) groups is 1. The topological polar surface area (TPSA) is 21.6 Å². The molecule has 2 nitrogen and oxygen atoms in total. The fourth-order valence-electron chi connectivity index (χ4n) is 1.91. The van der Waals surface area contributed by atoms with E-state index in [1.165, 1.54) is 0 Å². The lowest BCUT2D eigenvalue weighted by atomic mass is 10.2. The van der Waals surface area contributed by atoms with Crippen LogP contribution in [0.1, 0.15) is 5.56 Å². The van der Waals surface area contributed by atoms with Gasteiger partial charge in [-0.1, -0.05) is 48.5 Å². The molecule has 0 fully saturated rings. The summed E-state index contributed by atoms with van der Waals surface area (Å²) < 4.78 is 5.74. The van der Waals surface area contributed by atoms with Crippen molar-refractivity contribution in [1.29, 1.82) is 0 Å². The summed E-state index contributed by atoms with van der Waals surface area (Å²) in [7, 11) is 0. The Kier molecular flexibility index (Phi) is 4.08. The highest BCUT2D eigenvalue weighted by atomic mass is 16.5. The van der Waals surface area contributed by atoms with Gasteiger partial charge in [-0.25, -0.2) is 0 Å². The lowest BCUT2D eigenvalue weighted by molar-refractivity contribution is 0.483. The molecular formula is C19H15NO. The summed E-state index contributed by atoms with van der Waals surface area (Å²) in [6.07, 6.45) is 1.85. The second kappa shape index (κ2) is 6.53. The lowest BCUT2D eigenvalue weighted by Gasteiger charge is -2.05. The predicted molar refractivity (Wildman–Crippen MR) is 86.7 cm³/mol. The first kappa shape index (κ1) is 13.1. The molecule has 0 aliphatic heterocycles. The Morgan fingerprint density at radius 3 is 1.86 bits per heavy atom. The van der Waals surface area contributed by atoms with Crippen molar-refractivity contribution in [2.75, 3.05) is 0 Å². The van der Waals surface area contributed by atoms with E-state index in [0.29, 0.717) is 0 Å². The quantitative estimate of drug-likeness (QED) is 0.596. The van der Waals surface area contributed by atoms with Gasteiger partial charge < -0.3 is 4.74 Å². The maximum atomic E-state index is 5.74. The number of ether oxygens (including phenoxy) is 1. The number of para-hydroxylation sites is 1. The second-order valence-corrected chi connectivity index (χ2v) is 4.58. The van der Waals surface area contributed by atoms with Gasteiger partial charge in [-0.2, -0.15) is 0 Å². The van der Waals surface area contributed by atoms with Crippen LogP contribution in [0.3, 0.4) is 0 Å². The van der Waals surface area contributed by atoms with Gasteiger partial charge in [0.05, 0.1) is 5.69 Å². The largest absolute Gasteiger partial charge is 0.457 e. The molecule has 0 saturated heterocycles. The van der Waals surface area contributed by atoms with Gasteiger partial charge in [0.15, 0.2) is 0 Å². The molecule has 0 aliphatic carbocycles. The third kappa shape index (κ3) is 3.80. The van der Waals surface area contributed by atoms with E-state index in [1.807, 2.05) is 91.1 Å². The minimum absolute atomic E-state index is 0.805. The van der Waals surface area contributed by atoms with E-state index in [2.05, 4.69) is 4.99 Å². The Morgan fingerprint density at radius 2 is 1.19 bits per heavy atom. The highest BCUT2D eigenvalue weighted by Crippen LogP contribution is 2.23. The van der Waals surface area contributed by atoms with E-state index < -0.39 is 0 Å². The fraction of sp³-hybridized carbons (Fsp3) is 0. The van der Waals surface area contributed by atoms with Gasteiger partial charge in [-0.3, -0.25) is 4.99 Å². The smallest absolute Gasteiger partial charge is 0.127 e. The third-order valence-corrected chi connectivity index (χ3v) is 2.98. The Hall–Kier alpha value is -2.87. The lowest BCUT2D eigenvalue weighted by Crippen LogP contribution is -1.82. The molecule has 3 aromatic carbocycles. The van der Waals surface area contributed by atoms with Crippen molar-refractivity contribution in [2.45, 2.75) is 0 Å². The average Bonchev–Trinajstić information content (AvgIpc) is 2.56. The number of benzene rings is 3. The second-order valence-electron chi connectivity index (χ2n) is 4.58. The number of rotatable bonds is 4. The average molecular weight is 273 g/mol.